The first-order chi connectivity index (χ1) is 12.1. The van der Waals surface area contributed by atoms with E-state index in [0.717, 1.165) is 50.0 Å². The van der Waals surface area contributed by atoms with Gasteiger partial charge in [0, 0.05) is 32.0 Å². The van der Waals surface area contributed by atoms with Crippen LogP contribution in [0.2, 0.25) is 0 Å². The molecule has 1 aliphatic heterocycles. The second-order valence-corrected chi connectivity index (χ2v) is 6.41. The molecule has 0 radical (unpaired) electrons. The standard InChI is InChI=1S/C19H23N3O3/c1-14-12-20-19(21-13-14)25-16-7-10-22(11-8-16)9-6-15-4-2-3-5-17(15)18(23)24/h2-5,12-13,16H,6-11H2,1H3,(H,23,24). The van der Waals surface area contributed by atoms with E-state index < -0.39 is 5.97 Å². The van der Waals surface area contributed by atoms with Gasteiger partial charge in [-0.05, 0) is 43.4 Å². The van der Waals surface area contributed by atoms with Crippen molar-refractivity contribution in [2.75, 3.05) is 19.6 Å². The van der Waals surface area contributed by atoms with Crippen molar-refractivity contribution in [3.8, 4) is 6.01 Å². The van der Waals surface area contributed by atoms with Crippen LogP contribution in [0.15, 0.2) is 36.7 Å². The molecule has 132 valence electrons. The molecule has 1 aromatic heterocycles. The molecule has 0 saturated carbocycles. The number of aromatic carboxylic acids is 1. The van der Waals surface area contributed by atoms with Crippen LogP contribution in [0.5, 0.6) is 6.01 Å². The summed E-state index contributed by atoms with van der Waals surface area (Å²) in [5.41, 5.74) is 2.31. The van der Waals surface area contributed by atoms with E-state index in [0.29, 0.717) is 11.6 Å². The number of nitrogens with zero attached hydrogens (tertiary/aromatic N) is 3. The number of benzene rings is 1. The van der Waals surface area contributed by atoms with Crippen molar-refractivity contribution in [2.45, 2.75) is 32.3 Å². The Labute approximate surface area is 147 Å². The Morgan fingerprint density at radius 2 is 1.92 bits per heavy atom. The summed E-state index contributed by atoms with van der Waals surface area (Å²) in [4.78, 5) is 22.0. The lowest BCUT2D eigenvalue weighted by Crippen LogP contribution is -2.39. The van der Waals surface area contributed by atoms with E-state index in [4.69, 9.17) is 4.74 Å². The summed E-state index contributed by atoms with van der Waals surface area (Å²) in [6, 6.07) is 7.67. The molecular formula is C19H23N3O3. The maximum Gasteiger partial charge on any atom is 0.335 e. The van der Waals surface area contributed by atoms with Crippen LogP contribution in [0, 0.1) is 6.92 Å². The zero-order chi connectivity index (χ0) is 17.6. The zero-order valence-corrected chi connectivity index (χ0v) is 14.4. The lowest BCUT2D eigenvalue weighted by Gasteiger charge is -2.31. The fraction of sp³-hybridized carbons (Fsp3) is 0.421. The number of piperidine rings is 1. The SMILES string of the molecule is Cc1cnc(OC2CCN(CCc3ccccc3C(=O)O)CC2)nc1. The largest absolute Gasteiger partial charge is 0.478 e. The van der Waals surface area contributed by atoms with Crippen LogP contribution in [-0.2, 0) is 6.42 Å². The third kappa shape index (κ3) is 4.76. The molecule has 0 bridgehead atoms. The van der Waals surface area contributed by atoms with Gasteiger partial charge in [0.1, 0.15) is 6.10 Å². The van der Waals surface area contributed by atoms with Gasteiger partial charge >= 0.3 is 12.0 Å². The molecule has 1 N–H and O–H groups in total. The Balaban J connectivity index is 1.47. The van der Waals surface area contributed by atoms with Crippen LogP contribution in [-0.4, -0.2) is 51.7 Å². The number of likely N-dealkylation sites (tertiary alicyclic amines) is 1. The maximum atomic E-state index is 11.3. The van der Waals surface area contributed by atoms with Crippen molar-refractivity contribution >= 4 is 5.97 Å². The zero-order valence-electron chi connectivity index (χ0n) is 14.4. The third-order valence-corrected chi connectivity index (χ3v) is 4.51. The van der Waals surface area contributed by atoms with Gasteiger partial charge in [-0.25, -0.2) is 14.8 Å². The van der Waals surface area contributed by atoms with Crippen LogP contribution in [0.3, 0.4) is 0 Å². The number of ether oxygens (including phenoxy) is 1. The Kier molecular flexibility index (Phi) is 5.60. The Bertz CT molecular complexity index is 710. The summed E-state index contributed by atoms with van der Waals surface area (Å²) in [5.74, 6) is -0.860. The summed E-state index contributed by atoms with van der Waals surface area (Å²) in [6.07, 6.45) is 6.27. The molecule has 6 heteroatoms. The highest BCUT2D eigenvalue weighted by atomic mass is 16.5. The van der Waals surface area contributed by atoms with Gasteiger partial charge in [-0.3, -0.25) is 0 Å². The molecule has 1 fully saturated rings. The molecule has 3 rings (SSSR count). The number of rotatable bonds is 6. The normalized spacial score (nSPS) is 15.9. The molecule has 0 atom stereocenters. The van der Waals surface area contributed by atoms with E-state index in [1.807, 2.05) is 19.1 Å². The number of aromatic nitrogens is 2. The highest BCUT2D eigenvalue weighted by molar-refractivity contribution is 5.89. The Morgan fingerprint density at radius 1 is 1.24 bits per heavy atom. The van der Waals surface area contributed by atoms with Crippen molar-refractivity contribution in [3.05, 3.63) is 53.3 Å². The number of carboxylic acids is 1. The highest BCUT2D eigenvalue weighted by Crippen LogP contribution is 2.17. The molecule has 2 heterocycles. The fourth-order valence-corrected chi connectivity index (χ4v) is 3.07. The van der Waals surface area contributed by atoms with Crippen LogP contribution in [0.25, 0.3) is 0 Å². The number of carboxylic acid groups (broad SMARTS) is 1. The van der Waals surface area contributed by atoms with Crippen molar-refractivity contribution in [1.29, 1.82) is 0 Å². The molecule has 0 aliphatic carbocycles. The molecular weight excluding hydrogens is 318 g/mol. The third-order valence-electron chi connectivity index (χ3n) is 4.51. The number of carbonyl (C=O) groups is 1. The second kappa shape index (κ2) is 8.07. The van der Waals surface area contributed by atoms with Crippen molar-refractivity contribution in [3.63, 3.8) is 0 Å². The minimum absolute atomic E-state index is 0.144. The minimum atomic E-state index is -0.860. The first-order valence-electron chi connectivity index (χ1n) is 8.60. The Morgan fingerprint density at radius 3 is 2.60 bits per heavy atom. The summed E-state index contributed by atoms with van der Waals surface area (Å²) in [6.45, 7) is 4.68. The predicted octanol–water partition coefficient (Wildman–Crippen LogP) is 2.57. The van der Waals surface area contributed by atoms with E-state index >= 15 is 0 Å². The quantitative estimate of drug-likeness (QED) is 0.870. The lowest BCUT2D eigenvalue weighted by atomic mass is 10.0. The highest BCUT2D eigenvalue weighted by Gasteiger charge is 2.21. The maximum absolute atomic E-state index is 11.3. The average molecular weight is 341 g/mol. The lowest BCUT2D eigenvalue weighted by molar-refractivity contribution is 0.0695. The van der Waals surface area contributed by atoms with Gasteiger partial charge in [0.15, 0.2) is 0 Å². The van der Waals surface area contributed by atoms with E-state index in [1.54, 1.807) is 24.5 Å². The van der Waals surface area contributed by atoms with Crippen LogP contribution in [0.4, 0.5) is 0 Å². The average Bonchev–Trinajstić information content (AvgIpc) is 2.63. The van der Waals surface area contributed by atoms with Gasteiger partial charge in [-0.15, -0.1) is 0 Å². The number of aryl methyl sites for hydroxylation is 1. The van der Waals surface area contributed by atoms with Gasteiger partial charge in [0.25, 0.3) is 0 Å². The molecule has 2 aromatic rings. The molecule has 1 saturated heterocycles. The van der Waals surface area contributed by atoms with E-state index in [9.17, 15) is 9.90 Å². The first-order valence-corrected chi connectivity index (χ1v) is 8.60. The van der Waals surface area contributed by atoms with Gasteiger partial charge in [-0.2, -0.15) is 0 Å². The molecule has 1 aromatic carbocycles. The van der Waals surface area contributed by atoms with Crippen LogP contribution in [0.1, 0.15) is 34.3 Å². The van der Waals surface area contributed by atoms with Gasteiger partial charge < -0.3 is 14.7 Å². The van der Waals surface area contributed by atoms with E-state index in [2.05, 4.69) is 14.9 Å². The fourth-order valence-electron chi connectivity index (χ4n) is 3.07. The Hall–Kier alpha value is -2.47. The van der Waals surface area contributed by atoms with Crippen molar-refractivity contribution in [2.24, 2.45) is 0 Å². The molecule has 1 aliphatic rings. The van der Waals surface area contributed by atoms with E-state index in [-0.39, 0.29) is 6.10 Å². The van der Waals surface area contributed by atoms with Gasteiger partial charge in [0.2, 0.25) is 0 Å². The summed E-state index contributed by atoms with van der Waals surface area (Å²) < 4.78 is 5.85. The predicted molar refractivity (Wildman–Crippen MR) is 94.0 cm³/mol. The topological polar surface area (TPSA) is 75.5 Å². The molecule has 6 nitrogen and oxygen atoms in total. The van der Waals surface area contributed by atoms with Crippen LogP contribution < -0.4 is 4.74 Å². The monoisotopic (exact) mass is 341 g/mol. The summed E-state index contributed by atoms with van der Waals surface area (Å²) in [5, 5.41) is 9.25. The molecule has 0 unspecified atom stereocenters. The number of hydrogen-bond donors (Lipinski definition) is 1. The smallest absolute Gasteiger partial charge is 0.335 e. The van der Waals surface area contributed by atoms with Crippen molar-refractivity contribution < 1.29 is 14.6 Å². The molecule has 0 amide bonds. The molecule has 25 heavy (non-hydrogen) atoms. The summed E-state index contributed by atoms with van der Waals surface area (Å²) in [7, 11) is 0. The molecule has 0 spiro atoms. The van der Waals surface area contributed by atoms with Crippen molar-refractivity contribution in [1.82, 2.24) is 14.9 Å². The van der Waals surface area contributed by atoms with Crippen LogP contribution >= 0.6 is 0 Å². The number of hydrogen-bond acceptors (Lipinski definition) is 5. The summed E-state index contributed by atoms with van der Waals surface area (Å²) >= 11 is 0. The second-order valence-electron chi connectivity index (χ2n) is 6.41. The first kappa shape index (κ1) is 17.4. The van der Waals surface area contributed by atoms with Gasteiger partial charge in [-0.1, -0.05) is 18.2 Å². The van der Waals surface area contributed by atoms with E-state index in [1.165, 1.54) is 0 Å². The minimum Gasteiger partial charge on any atom is -0.478 e. The van der Waals surface area contributed by atoms with Gasteiger partial charge in [0.05, 0.1) is 5.56 Å².